The van der Waals surface area contributed by atoms with Gasteiger partial charge in [0.25, 0.3) is 0 Å². The highest BCUT2D eigenvalue weighted by Gasteiger charge is 2.18. The van der Waals surface area contributed by atoms with Crippen molar-refractivity contribution in [1.82, 2.24) is 24.5 Å². The molecular formula is C41H28ClN5. The summed E-state index contributed by atoms with van der Waals surface area (Å²) in [7, 11) is 0. The predicted molar refractivity (Wildman–Crippen MR) is 191 cm³/mol. The Hall–Kier alpha value is -5.91. The standard InChI is InChI=1S/C41H28ClN5/c1-27-43-36-20-9-11-22-38(36)47(27)37-21-10-8-19-35(37)32-23-31(28-13-4-2-5-14-28)24-33(25-32)41-45-39(29-15-6-3-7-16-29)44-40(46-41)30-17-12-18-34(42)26-30/h2-26H,1H3. The topological polar surface area (TPSA) is 56.5 Å². The molecule has 0 N–H and O–H groups in total. The fraction of sp³-hybridized carbons (Fsp3) is 0.0244. The zero-order valence-electron chi connectivity index (χ0n) is 25.5. The van der Waals surface area contributed by atoms with E-state index >= 15 is 0 Å². The van der Waals surface area contributed by atoms with E-state index in [1.54, 1.807) is 0 Å². The molecule has 0 amide bonds. The molecule has 0 aliphatic heterocycles. The molecule has 0 aliphatic carbocycles. The number of halogens is 1. The van der Waals surface area contributed by atoms with Gasteiger partial charge in [0.15, 0.2) is 17.5 Å². The number of nitrogens with zero attached hydrogens (tertiary/aromatic N) is 5. The lowest BCUT2D eigenvalue weighted by atomic mass is 9.94. The number of benzene rings is 6. The molecule has 0 aliphatic rings. The Balaban J connectivity index is 1.38. The van der Waals surface area contributed by atoms with Crippen LogP contribution in [0, 0.1) is 6.92 Å². The van der Waals surface area contributed by atoms with Crippen LogP contribution in [0.15, 0.2) is 152 Å². The van der Waals surface area contributed by atoms with Gasteiger partial charge in [-0.15, -0.1) is 0 Å². The van der Waals surface area contributed by atoms with Crippen LogP contribution in [0.1, 0.15) is 5.82 Å². The maximum Gasteiger partial charge on any atom is 0.164 e. The molecule has 224 valence electrons. The molecule has 0 atom stereocenters. The summed E-state index contributed by atoms with van der Waals surface area (Å²) in [6.07, 6.45) is 0. The van der Waals surface area contributed by atoms with E-state index < -0.39 is 0 Å². The second-order valence-electron chi connectivity index (χ2n) is 11.3. The van der Waals surface area contributed by atoms with Gasteiger partial charge in [0.1, 0.15) is 5.82 Å². The first kappa shape index (κ1) is 28.6. The van der Waals surface area contributed by atoms with E-state index in [1.807, 2.05) is 66.7 Å². The molecule has 0 saturated heterocycles. The van der Waals surface area contributed by atoms with Gasteiger partial charge in [-0.1, -0.05) is 115 Å². The zero-order chi connectivity index (χ0) is 31.7. The van der Waals surface area contributed by atoms with Crippen LogP contribution in [0.5, 0.6) is 0 Å². The van der Waals surface area contributed by atoms with Gasteiger partial charge in [-0.05, 0) is 72.1 Å². The van der Waals surface area contributed by atoms with Crippen molar-refractivity contribution in [2.75, 3.05) is 0 Å². The van der Waals surface area contributed by atoms with Crippen molar-refractivity contribution in [2.24, 2.45) is 0 Å². The van der Waals surface area contributed by atoms with Crippen molar-refractivity contribution in [3.8, 4) is 62.1 Å². The van der Waals surface area contributed by atoms with Gasteiger partial charge in [-0.2, -0.15) is 0 Å². The maximum absolute atomic E-state index is 6.41. The molecule has 0 bridgehead atoms. The minimum absolute atomic E-state index is 0.559. The van der Waals surface area contributed by atoms with Gasteiger partial charge in [-0.3, -0.25) is 4.57 Å². The summed E-state index contributed by atoms with van der Waals surface area (Å²) in [5.41, 5.74) is 9.97. The van der Waals surface area contributed by atoms with E-state index in [4.69, 9.17) is 31.5 Å². The molecule has 8 rings (SSSR count). The lowest BCUT2D eigenvalue weighted by molar-refractivity contribution is 1.00. The lowest BCUT2D eigenvalue weighted by Crippen LogP contribution is -2.01. The molecule has 47 heavy (non-hydrogen) atoms. The van der Waals surface area contributed by atoms with E-state index in [1.165, 1.54) is 0 Å². The number of aromatic nitrogens is 5. The third-order valence-corrected chi connectivity index (χ3v) is 8.47. The Morgan fingerprint density at radius 3 is 1.79 bits per heavy atom. The van der Waals surface area contributed by atoms with Crippen molar-refractivity contribution in [3.05, 3.63) is 163 Å². The fourth-order valence-corrected chi connectivity index (χ4v) is 6.24. The smallest absolute Gasteiger partial charge is 0.164 e. The molecule has 2 aromatic heterocycles. The van der Waals surface area contributed by atoms with Crippen LogP contribution < -0.4 is 0 Å². The Morgan fingerprint density at radius 2 is 1.02 bits per heavy atom. The Bertz CT molecular complexity index is 2380. The van der Waals surface area contributed by atoms with Crippen LogP contribution in [0.4, 0.5) is 0 Å². The third-order valence-electron chi connectivity index (χ3n) is 8.23. The van der Waals surface area contributed by atoms with E-state index in [-0.39, 0.29) is 0 Å². The zero-order valence-corrected chi connectivity index (χ0v) is 26.3. The molecule has 0 unspecified atom stereocenters. The minimum Gasteiger partial charge on any atom is -0.296 e. The second kappa shape index (κ2) is 12.1. The molecule has 0 spiro atoms. The molecule has 0 saturated carbocycles. The Labute approximate surface area is 277 Å². The number of fused-ring (bicyclic) bond motifs is 1. The highest BCUT2D eigenvalue weighted by molar-refractivity contribution is 6.30. The Morgan fingerprint density at radius 1 is 0.447 bits per heavy atom. The number of para-hydroxylation sites is 3. The normalized spacial score (nSPS) is 11.2. The highest BCUT2D eigenvalue weighted by Crippen LogP contribution is 2.37. The van der Waals surface area contributed by atoms with Crippen LogP contribution in [-0.4, -0.2) is 24.5 Å². The molecule has 6 heteroatoms. The first-order valence-electron chi connectivity index (χ1n) is 15.4. The third kappa shape index (κ3) is 5.58. The summed E-state index contributed by atoms with van der Waals surface area (Å²) in [6.45, 7) is 2.05. The van der Waals surface area contributed by atoms with Crippen molar-refractivity contribution in [3.63, 3.8) is 0 Å². The van der Waals surface area contributed by atoms with Crippen molar-refractivity contribution in [2.45, 2.75) is 6.92 Å². The molecule has 5 nitrogen and oxygen atoms in total. The number of hydrogen-bond donors (Lipinski definition) is 0. The van der Waals surface area contributed by atoms with Crippen molar-refractivity contribution >= 4 is 22.6 Å². The van der Waals surface area contributed by atoms with Crippen LogP contribution in [0.25, 0.3) is 73.1 Å². The first-order valence-corrected chi connectivity index (χ1v) is 15.8. The van der Waals surface area contributed by atoms with Gasteiger partial charge in [0.2, 0.25) is 0 Å². The van der Waals surface area contributed by atoms with Gasteiger partial charge in [0.05, 0.1) is 16.7 Å². The Kier molecular flexibility index (Phi) is 7.36. The summed E-state index contributed by atoms with van der Waals surface area (Å²) in [6, 6.07) is 51.3. The second-order valence-corrected chi connectivity index (χ2v) is 11.8. The molecule has 0 radical (unpaired) electrons. The molecule has 0 fully saturated rings. The quantitative estimate of drug-likeness (QED) is 0.184. The van der Waals surface area contributed by atoms with Crippen LogP contribution in [0.2, 0.25) is 5.02 Å². The van der Waals surface area contributed by atoms with Crippen molar-refractivity contribution in [1.29, 1.82) is 0 Å². The summed E-state index contributed by atoms with van der Waals surface area (Å²) in [5, 5.41) is 0.623. The fourth-order valence-electron chi connectivity index (χ4n) is 6.05. The number of rotatable bonds is 6. The van der Waals surface area contributed by atoms with Gasteiger partial charge in [-0.25, -0.2) is 19.9 Å². The summed E-state index contributed by atoms with van der Waals surface area (Å²) in [4.78, 5) is 19.9. The molecular weight excluding hydrogens is 598 g/mol. The summed E-state index contributed by atoms with van der Waals surface area (Å²) in [5.74, 6) is 2.66. The number of aryl methyl sites for hydroxylation is 1. The monoisotopic (exact) mass is 625 g/mol. The maximum atomic E-state index is 6.41. The molecule has 8 aromatic rings. The van der Waals surface area contributed by atoms with Crippen LogP contribution in [0.3, 0.4) is 0 Å². The predicted octanol–water partition coefficient (Wildman–Crippen LogP) is 10.5. The van der Waals surface area contributed by atoms with Gasteiger partial charge in [0, 0.05) is 27.3 Å². The lowest BCUT2D eigenvalue weighted by Gasteiger charge is -2.16. The SMILES string of the molecule is Cc1nc2ccccc2n1-c1ccccc1-c1cc(-c2ccccc2)cc(-c2nc(-c3ccccc3)nc(-c3cccc(Cl)c3)n2)c1. The van der Waals surface area contributed by atoms with Crippen LogP contribution >= 0.6 is 11.6 Å². The largest absolute Gasteiger partial charge is 0.296 e. The molecule has 2 heterocycles. The van der Waals surface area contributed by atoms with Gasteiger partial charge >= 0.3 is 0 Å². The number of hydrogen-bond acceptors (Lipinski definition) is 4. The molecule has 6 aromatic carbocycles. The first-order chi connectivity index (χ1) is 23.1. The number of imidazole rings is 1. The van der Waals surface area contributed by atoms with E-state index in [0.717, 1.165) is 61.5 Å². The average Bonchev–Trinajstić information content (AvgIpc) is 3.47. The van der Waals surface area contributed by atoms with E-state index in [2.05, 4.69) is 96.4 Å². The van der Waals surface area contributed by atoms with E-state index in [0.29, 0.717) is 22.5 Å². The van der Waals surface area contributed by atoms with Crippen molar-refractivity contribution < 1.29 is 0 Å². The summed E-state index contributed by atoms with van der Waals surface area (Å²) >= 11 is 6.41. The van der Waals surface area contributed by atoms with Gasteiger partial charge < -0.3 is 0 Å². The van der Waals surface area contributed by atoms with Crippen LogP contribution in [-0.2, 0) is 0 Å². The average molecular weight is 626 g/mol. The minimum atomic E-state index is 0.559. The summed E-state index contributed by atoms with van der Waals surface area (Å²) < 4.78 is 2.23. The van der Waals surface area contributed by atoms with E-state index in [9.17, 15) is 0 Å². The highest BCUT2D eigenvalue weighted by atomic mass is 35.5.